The van der Waals surface area contributed by atoms with E-state index in [-0.39, 0.29) is 6.03 Å². The fraction of sp³-hybridized carbons (Fsp3) is 0.0714. The van der Waals surface area contributed by atoms with Crippen molar-refractivity contribution in [3.05, 3.63) is 57.0 Å². The topological polar surface area (TPSA) is 67.1 Å². The molecule has 0 radical (unpaired) electrons. The zero-order chi connectivity index (χ0) is 14.5. The van der Waals surface area contributed by atoms with Gasteiger partial charge in [-0.05, 0) is 49.6 Å². The van der Waals surface area contributed by atoms with Gasteiger partial charge in [-0.3, -0.25) is 0 Å². The van der Waals surface area contributed by atoms with Gasteiger partial charge in [0.2, 0.25) is 0 Å². The molecule has 2 aromatic rings. The summed E-state index contributed by atoms with van der Waals surface area (Å²) in [6, 6.07) is 12.9. The van der Waals surface area contributed by atoms with Crippen LogP contribution in [-0.4, -0.2) is 6.03 Å². The van der Waals surface area contributed by atoms with E-state index >= 15 is 0 Å². The number of carbonyl (C=O) groups is 1. The number of halogens is 2. The Bertz CT molecular complexity index is 594. The summed E-state index contributed by atoms with van der Waals surface area (Å²) >= 11 is 6.74. The number of carbonyl (C=O) groups excluding carboxylic acids is 1. The van der Waals surface area contributed by atoms with Gasteiger partial charge in [-0.25, -0.2) is 4.79 Å². The van der Waals surface area contributed by atoms with E-state index in [2.05, 4.69) is 42.5 Å². The number of benzene rings is 2. The van der Waals surface area contributed by atoms with Gasteiger partial charge in [0.1, 0.15) is 0 Å². The van der Waals surface area contributed by atoms with Gasteiger partial charge in [-0.2, -0.15) is 0 Å². The molecule has 0 unspecified atom stereocenters. The van der Waals surface area contributed by atoms with Crippen LogP contribution in [0.15, 0.2) is 51.4 Å². The van der Waals surface area contributed by atoms with E-state index in [1.165, 1.54) is 0 Å². The number of nitrogen functional groups attached to an aromatic ring is 1. The number of hydrogen-bond donors (Lipinski definition) is 3. The van der Waals surface area contributed by atoms with Gasteiger partial charge in [0, 0.05) is 21.2 Å². The van der Waals surface area contributed by atoms with Crippen LogP contribution in [0.2, 0.25) is 0 Å². The van der Waals surface area contributed by atoms with E-state index in [9.17, 15) is 4.79 Å². The number of amides is 2. The van der Waals surface area contributed by atoms with Crippen LogP contribution in [0.1, 0.15) is 5.56 Å². The Labute approximate surface area is 134 Å². The minimum absolute atomic E-state index is 0.278. The molecule has 0 bridgehead atoms. The predicted molar refractivity (Wildman–Crippen MR) is 88.6 cm³/mol. The second kappa shape index (κ2) is 6.76. The van der Waals surface area contributed by atoms with Gasteiger partial charge >= 0.3 is 6.03 Å². The maximum Gasteiger partial charge on any atom is 0.319 e. The first-order valence-electron chi connectivity index (χ1n) is 5.89. The Morgan fingerprint density at radius 2 is 1.70 bits per heavy atom. The average molecular weight is 399 g/mol. The van der Waals surface area contributed by atoms with Crippen molar-refractivity contribution >= 4 is 49.3 Å². The number of hydrogen-bond acceptors (Lipinski definition) is 2. The van der Waals surface area contributed by atoms with Crippen LogP contribution in [-0.2, 0) is 6.54 Å². The lowest BCUT2D eigenvalue weighted by Gasteiger charge is -2.11. The van der Waals surface area contributed by atoms with E-state index in [1.54, 1.807) is 12.1 Å². The Morgan fingerprint density at radius 1 is 1.10 bits per heavy atom. The van der Waals surface area contributed by atoms with Crippen molar-refractivity contribution in [2.45, 2.75) is 6.54 Å². The van der Waals surface area contributed by atoms with Crippen molar-refractivity contribution in [3.63, 3.8) is 0 Å². The van der Waals surface area contributed by atoms with Crippen LogP contribution < -0.4 is 16.4 Å². The monoisotopic (exact) mass is 397 g/mol. The molecule has 0 aliphatic rings. The highest BCUT2D eigenvalue weighted by Gasteiger charge is 2.10. The molecule has 6 heteroatoms. The zero-order valence-corrected chi connectivity index (χ0v) is 13.7. The van der Waals surface area contributed by atoms with E-state index in [0.29, 0.717) is 17.9 Å². The molecule has 0 aliphatic heterocycles. The van der Waals surface area contributed by atoms with Crippen molar-refractivity contribution in [2.24, 2.45) is 0 Å². The molecular formula is C14H13Br2N3O. The Kier molecular flexibility index (Phi) is 5.03. The van der Waals surface area contributed by atoms with Crippen molar-refractivity contribution in [1.82, 2.24) is 5.32 Å². The molecule has 4 nitrogen and oxygen atoms in total. The van der Waals surface area contributed by atoms with Crippen molar-refractivity contribution in [1.29, 1.82) is 0 Å². The van der Waals surface area contributed by atoms with Crippen LogP contribution in [0, 0.1) is 0 Å². The third kappa shape index (κ3) is 3.98. The summed E-state index contributed by atoms with van der Waals surface area (Å²) in [5, 5.41) is 5.57. The summed E-state index contributed by atoms with van der Waals surface area (Å²) < 4.78 is 1.44. The minimum atomic E-state index is -0.278. The van der Waals surface area contributed by atoms with E-state index < -0.39 is 0 Å². The summed E-state index contributed by atoms with van der Waals surface area (Å²) in [6.45, 7) is 0.469. The molecule has 0 spiro atoms. The average Bonchev–Trinajstić information content (AvgIpc) is 2.42. The lowest BCUT2D eigenvalue weighted by atomic mass is 10.2. The molecule has 0 heterocycles. The molecule has 0 fully saturated rings. The van der Waals surface area contributed by atoms with Crippen molar-refractivity contribution in [2.75, 3.05) is 11.1 Å². The number of nitrogens with two attached hydrogens (primary N) is 1. The largest absolute Gasteiger partial charge is 0.399 e. The summed E-state index contributed by atoms with van der Waals surface area (Å²) in [5.74, 6) is 0. The van der Waals surface area contributed by atoms with Gasteiger partial charge < -0.3 is 16.4 Å². The van der Waals surface area contributed by atoms with Crippen LogP contribution in [0.5, 0.6) is 0 Å². The lowest BCUT2D eigenvalue weighted by molar-refractivity contribution is 0.251. The third-order valence-electron chi connectivity index (χ3n) is 2.60. The van der Waals surface area contributed by atoms with Crippen LogP contribution in [0.3, 0.4) is 0 Å². The molecule has 104 valence electrons. The molecule has 20 heavy (non-hydrogen) atoms. The number of anilines is 2. The summed E-state index contributed by atoms with van der Waals surface area (Å²) in [5.41, 5.74) is 8.00. The Morgan fingerprint density at radius 3 is 2.30 bits per heavy atom. The predicted octanol–water partition coefficient (Wildman–Crippen LogP) is 4.12. The molecule has 2 amide bonds. The van der Waals surface area contributed by atoms with Gasteiger partial charge in [0.15, 0.2) is 0 Å². The quantitative estimate of drug-likeness (QED) is 0.681. The first-order chi connectivity index (χ1) is 9.56. The fourth-order valence-electron chi connectivity index (χ4n) is 1.65. The molecule has 4 N–H and O–H groups in total. The highest BCUT2D eigenvalue weighted by Crippen LogP contribution is 2.33. The van der Waals surface area contributed by atoms with E-state index in [0.717, 1.165) is 14.5 Å². The number of nitrogens with one attached hydrogen (secondary N) is 2. The van der Waals surface area contributed by atoms with E-state index in [4.69, 9.17) is 5.73 Å². The van der Waals surface area contributed by atoms with Crippen molar-refractivity contribution in [3.8, 4) is 0 Å². The molecule has 0 atom stereocenters. The maximum absolute atomic E-state index is 11.9. The SMILES string of the molecule is Nc1cc(Br)c(NC(=O)NCc2ccccc2)c(Br)c1. The van der Waals surface area contributed by atoms with Crippen molar-refractivity contribution < 1.29 is 4.79 Å². The minimum Gasteiger partial charge on any atom is -0.399 e. The highest BCUT2D eigenvalue weighted by molar-refractivity contribution is 9.11. The van der Waals surface area contributed by atoms with Gasteiger partial charge in [0.25, 0.3) is 0 Å². The number of urea groups is 1. The fourth-order valence-corrected chi connectivity index (χ4v) is 3.07. The molecular weight excluding hydrogens is 386 g/mol. The second-order valence-corrected chi connectivity index (χ2v) is 5.86. The van der Waals surface area contributed by atoms with Gasteiger partial charge in [-0.1, -0.05) is 30.3 Å². The standard InChI is InChI=1S/C14H13Br2N3O/c15-11-6-10(17)7-12(16)13(11)19-14(20)18-8-9-4-2-1-3-5-9/h1-7H,8,17H2,(H2,18,19,20). The summed E-state index contributed by atoms with van der Waals surface area (Å²) in [4.78, 5) is 11.9. The van der Waals surface area contributed by atoms with Gasteiger partial charge in [-0.15, -0.1) is 0 Å². The Hall–Kier alpha value is -1.53. The first-order valence-corrected chi connectivity index (χ1v) is 7.48. The first kappa shape index (κ1) is 14.9. The zero-order valence-electron chi connectivity index (χ0n) is 10.5. The molecule has 2 aromatic carbocycles. The Balaban J connectivity index is 1.98. The normalized spacial score (nSPS) is 10.1. The number of rotatable bonds is 3. The highest BCUT2D eigenvalue weighted by atomic mass is 79.9. The van der Waals surface area contributed by atoms with Crippen LogP contribution in [0.4, 0.5) is 16.2 Å². The van der Waals surface area contributed by atoms with Crippen LogP contribution >= 0.6 is 31.9 Å². The lowest BCUT2D eigenvalue weighted by Crippen LogP contribution is -2.28. The smallest absolute Gasteiger partial charge is 0.319 e. The summed E-state index contributed by atoms with van der Waals surface area (Å²) in [7, 11) is 0. The molecule has 0 aliphatic carbocycles. The van der Waals surface area contributed by atoms with E-state index in [1.807, 2.05) is 30.3 Å². The second-order valence-electron chi connectivity index (χ2n) is 4.15. The van der Waals surface area contributed by atoms with Crippen LogP contribution in [0.25, 0.3) is 0 Å². The maximum atomic E-state index is 11.9. The molecule has 0 saturated heterocycles. The molecule has 2 rings (SSSR count). The third-order valence-corrected chi connectivity index (χ3v) is 3.85. The molecule has 0 aromatic heterocycles. The summed E-state index contributed by atoms with van der Waals surface area (Å²) in [6.07, 6.45) is 0. The van der Waals surface area contributed by atoms with Gasteiger partial charge in [0.05, 0.1) is 5.69 Å². The molecule has 0 saturated carbocycles.